The fourth-order valence-electron chi connectivity index (χ4n) is 3.32. The average Bonchev–Trinajstić information content (AvgIpc) is 2.61. The Morgan fingerprint density at radius 1 is 1.13 bits per heavy atom. The smallest absolute Gasteiger partial charge is 0.265 e. The molecule has 3 rings (SSSR count). The van der Waals surface area contributed by atoms with Crippen molar-refractivity contribution in [3.05, 3.63) is 47.0 Å². The van der Waals surface area contributed by atoms with E-state index in [2.05, 4.69) is 10.6 Å². The number of nitrogens with zero attached hydrogens (tertiary/aromatic N) is 1. The minimum absolute atomic E-state index is 0.0197. The van der Waals surface area contributed by atoms with E-state index in [9.17, 15) is 18.0 Å². The largest absolute Gasteiger partial charge is 0.479 e. The second kappa shape index (κ2) is 8.08. The molecule has 0 aliphatic carbocycles. The Balaban J connectivity index is 1.80. The first-order valence-corrected chi connectivity index (χ1v) is 10.9. The second-order valence-corrected chi connectivity index (χ2v) is 9.56. The Hall–Kier alpha value is -2.91. The summed E-state index contributed by atoms with van der Waals surface area (Å²) < 4.78 is 32.7. The molecule has 0 saturated heterocycles. The van der Waals surface area contributed by atoms with Crippen molar-refractivity contribution in [2.45, 2.75) is 38.7 Å². The Kier molecular flexibility index (Phi) is 5.87. The van der Waals surface area contributed by atoms with E-state index >= 15 is 0 Å². The van der Waals surface area contributed by atoms with Crippen molar-refractivity contribution in [3.63, 3.8) is 0 Å². The van der Waals surface area contributed by atoms with Gasteiger partial charge in [-0.1, -0.05) is 6.07 Å². The highest BCUT2D eigenvalue weighted by atomic mass is 32.2. The second-order valence-electron chi connectivity index (χ2n) is 7.55. The lowest BCUT2D eigenvalue weighted by Gasteiger charge is -2.25. The Bertz CT molecular complexity index is 1110. The highest BCUT2D eigenvalue weighted by molar-refractivity contribution is 7.89. The Labute approximate surface area is 176 Å². The van der Waals surface area contributed by atoms with Gasteiger partial charge >= 0.3 is 0 Å². The molecule has 0 unspecified atom stereocenters. The molecule has 0 aromatic heterocycles. The lowest BCUT2D eigenvalue weighted by Crippen LogP contribution is -2.36. The highest BCUT2D eigenvalue weighted by Gasteiger charge is 2.30. The first kappa shape index (κ1) is 21.8. The Morgan fingerprint density at radius 2 is 1.77 bits per heavy atom. The van der Waals surface area contributed by atoms with Crippen molar-refractivity contribution in [3.8, 4) is 5.75 Å². The van der Waals surface area contributed by atoms with E-state index in [1.807, 2.05) is 32.0 Å². The maximum absolute atomic E-state index is 13.1. The molecule has 8 nitrogen and oxygen atoms in total. The standard InChI is InChI=1S/C21H25N3O5S/c1-12-6-13(2)8-16(7-12)22-20(25)11-24(5)30(27,28)19-10-18-17(9-14(19)3)23-21(26)15(4)29-18/h6-10,15H,11H2,1-5H3,(H,22,25)(H,23,26)/t15-/m1/s1. The van der Waals surface area contributed by atoms with E-state index in [1.165, 1.54) is 13.1 Å². The van der Waals surface area contributed by atoms with Crippen LogP contribution in [0.5, 0.6) is 5.75 Å². The maximum Gasteiger partial charge on any atom is 0.265 e. The number of sulfonamides is 1. The summed E-state index contributed by atoms with van der Waals surface area (Å²) in [5.74, 6) is -0.462. The zero-order valence-corrected chi connectivity index (χ0v) is 18.4. The number of amides is 2. The lowest BCUT2D eigenvalue weighted by molar-refractivity contribution is -0.122. The zero-order chi connectivity index (χ0) is 22.2. The monoisotopic (exact) mass is 431 g/mol. The summed E-state index contributed by atoms with van der Waals surface area (Å²) in [5, 5.41) is 5.43. The highest BCUT2D eigenvalue weighted by Crippen LogP contribution is 2.35. The van der Waals surface area contributed by atoms with Crippen molar-refractivity contribution in [2.75, 3.05) is 24.2 Å². The number of hydrogen-bond acceptors (Lipinski definition) is 5. The van der Waals surface area contributed by atoms with Crippen molar-refractivity contribution in [2.24, 2.45) is 0 Å². The van der Waals surface area contributed by atoms with Crippen LogP contribution in [-0.4, -0.2) is 44.2 Å². The van der Waals surface area contributed by atoms with Gasteiger partial charge in [0, 0.05) is 18.8 Å². The molecular weight excluding hydrogens is 406 g/mol. The van der Waals surface area contributed by atoms with E-state index in [0.29, 0.717) is 16.9 Å². The third-order valence-corrected chi connectivity index (χ3v) is 6.71. The summed E-state index contributed by atoms with van der Waals surface area (Å²) in [7, 11) is -2.61. The molecule has 2 N–H and O–H groups in total. The fourth-order valence-corrected chi connectivity index (χ4v) is 4.67. The summed E-state index contributed by atoms with van der Waals surface area (Å²) in [6.45, 7) is 6.70. The molecule has 2 amide bonds. The first-order valence-electron chi connectivity index (χ1n) is 9.44. The van der Waals surface area contributed by atoms with Crippen LogP contribution in [0.2, 0.25) is 0 Å². The lowest BCUT2D eigenvalue weighted by atomic mass is 10.1. The van der Waals surface area contributed by atoms with Crippen LogP contribution < -0.4 is 15.4 Å². The van der Waals surface area contributed by atoms with Gasteiger partial charge in [0.25, 0.3) is 5.91 Å². The van der Waals surface area contributed by atoms with Crippen LogP contribution in [0.15, 0.2) is 35.2 Å². The van der Waals surface area contributed by atoms with Gasteiger partial charge in [-0.05, 0) is 62.6 Å². The predicted octanol–water partition coefficient (Wildman–Crippen LogP) is 2.59. The SMILES string of the molecule is Cc1cc(C)cc(NC(=O)CN(C)S(=O)(=O)c2cc3c(cc2C)NC(=O)[C@@H](C)O3)c1. The number of carbonyl (C=O) groups is 2. The quantitative estimate of drug-likeness (QED) is 0.757. The number of rotatable bonds is 5. The number of fused-ring (bicyclic) bond motifs is 1. The van der Waals surface area contributed by atoms with E-state index in [-0.39, 0.29) is 23.1 Å². The summed E-state index contributed by atoms with van der Waals surface area (Å²) in [6.07, 6.45) is -0.725. The van der Waals surface area contributed by atoms with Gasteiger partial charge in [0.15, 0.2) is 6.10 Å². The van der Waals surface area contributed by atoms with E-state index in [1.54, 1.807) is 19.9 Å². The van der Waals surface area contributed by atoms with E-state index in [4.69, 9.17) is 4.74 Å². The van der Waals surface area contributed by atoms with Gasteiger partial charge in [-0.15, -0.1) is 0 Å². The van der Waals surface area contributed by atoms with Crippen LogP contribution in [0.3, 0.4) is 0 Å². The molecule has 2 aromatic rings. The van der Waals surface area contributed by atoms with Crippen molar-refractivity contribution in [1.82, 2.24) is 4.31 Å². The third-order valence-electron chi connectivity index (χ3n) is 4.77. The molecule has 9 heteroatoms. The number of anilines is 2. The predicted molar refractivity (Wildman–Crippen MR) is 114 cm³/mol. The minimum Gasteiger partial charge on any atom is -0.479 e. The molecular formula is C21H25N3O5S. The Morgan fingerprint density at radius 3 is 2.40 bits per heavy atom. The molecule has 0 radical (unpaired) electrons. The minimum atomic E-state index is -3.96. The molecule has 1 atom stereocenters. The molecule has 0 spiro atoms. The van der Waals surface area contributed by atoms with Crippen molar-refractivity contribution < 1.29 is 22.7 Å². The van der Waals surface area contributed by atoms with Crippen LogP contribution in [-0.2, 0) is 19.6 Å². The van der Waals surface area contributed by atoms with Crippen molar-refractivity contribution >= 4 is 33.2 Å². The average molecular weight is 432 g/mol. The summed E-state index contributed by atoms with van der Waals surface area (Å²) >= 11 is 0. The summed E-state index contributed by atoms with van der Waals surface area (Å²) in [5.41, 5.74) is 3.47. The zero-order valence-electron chi connectivity index (χ0n) is 17.6. The molecule has 0 saturated carbocycles. The van der Waals surface area contributed by atoms with Crippen LogP contribution in [0.1, 0.15) is 23.6 Å². The van der Waals surface area contributed by atoms with Gasteiger partial charge < -0.3 is 15.4 Å². The third kappa shape index (κ3) is 4.47. The number of likely N-dealkylation sites (N-methyl/N-ethyl adjacent to an activating group) is 1. The number of nitrogens with one attached hydrogen (secondary N) is 2. The van der Waals surface area contributed by atoms with E-state index < -0.39 is 22.0 Å². The molecule has 1 aliphatic rings. The van der Waals surface area contributed by atoms with Gasteiger partial charge in [0.1, 0.15) is 5.75 Å². The summed E-state index contributed by atoms with van der Waals surface area (Å²) in [4.78, 5) is 24.2. The molecule has 2 aromatic carbocycles. The van der Waals surface area contributed by atoms with Gasteiger partial charge in [0.2, 0.25) is 15.9 Å². The number of aryl methyl sites for hydroxylation is 3. The molecule has 30 heavy (non-hydrogen) atoms. The van der Waals surface area contributed by atoms with Gasteiger partial charge in [-0.25, -0.2) is 8.42 Å². The summed E-state index contributed by atoms with van der Waals surface area (Å²) in [6, 6.07) is 8.56. The number of hydrogen-bond donors (Lipinski definition) is 2. The molecule has 160 valence electrons. The number of ether oxygens (including phenoxy) is 1. The molecule has 0 bridgehead atoms. The van der Waals surface area contributed by atoms with Crippen LogP contribution in [0.25, 0.3) is 0 Å². The van der Waals surface area contributed by atoms with Gasteiger partial charge in [-0.2, -0.15) is 4.31 Å². The fraction of sp³-hybridized carbons (Fsp3) is 0.333. The van der Waals surface area contributed by atoms with Crippen LogP contribution >= 0.6 is 0 Å². The first-order chi connectivity index (χ1) is 14.0. The van der Waals surface area contributed by atoms with Crippen LogP contribution in [0.4, 0.5) is 11.4 Å². The van der Waals surface area contributed by atoms with E-state index in [0.717, 1.165) is 15.4 Å². The normalized spacial score (nSPS) is 15.9. The van der Waals surface area contributed by atoms with Crippen LogP contribution in [0, 0.1) is 20.8 Å². The number of benzene rings is 2. The van der Waals surface area contributed by atoms with Gasteiger partial charge in [-0.3, -0.25) is 9.59 Å². The molecule has 0 fully saturated rings. The molecule has 1 heterocycles. The van der Waals surface area contributed by atoms with Gasteiger partial charge in [0.05, 0.1) is 17.1 Å². The topological polar surface area (TPSA) is 105 Å². The number of carbonyl (C=O) groups excluding carboxylic acids is 2. The van der Waals surface area contributed by atoms with Crippen molar-refractivity contribution in [1.29, 1.82) is 0 Å². The molecule has 1 aliphatic heterocycles. The maximum atomic E-state index is 13.1.